The average molecular weight is 329 g/mol. The summed E-state index contributed by atoms with van der Waals surface area (Å²) >= 11 is 0. The van der Waals surface area contributed by atoms with E-state index < -0.39 is 23.1 Å². The van der Waals surface area contributed by atoms with Crippen LogP contribution in [-0.2, 0) is 25.5 Å². The van der Waals surface area contributed by atoms with Crippen LogP contribution in [0.4, 0.5) is 5.69 Å². The fourth-order valence-electron chi connectivity index (χ4n) is 4.40. The van der Waals surface area contributed by atoms with Gasteiger partial charge >= 0.3 is 11.9 Å². The number of fused-ring (bicyclic) bond motifs is 4. The van der Waals surface area contributed by atoms with E-state index in [1.165, 1.54) is 0 Å². The Labute approximate surface area is 141 Å². The van der Waals surface area contributed by atoms with Gasteiger partial charge in [0.25, 0.3) is 5.79 Å². The van der Waals surface area contributed by atoms with Crippen LogP contribution in [0, 0.1) is 11.3 Å². The normalized spacial score (nSPS) is 30.2. The number of benzene rings is 1. The molecule has 2 atom stereocenters. The van der Waals surface area contributed by atoms with Crippen LogP contribution in [-0.4, -0.2) is 30.3 Å². The Morgan fingerprint density at radius 1 is 1.12 bits per heavy atom. The van der Waals surface area contributed by atoms with E-state index in [0.29, 0.717) is 12.3 Å². The van der Waals surface area contributed by atoms with Gasteiger partial charge in [0, 0.05) is 32.5 Å². The van der Waals surface area contributed by atoms with Gasteiger partial charge in [0.15, 0.2) is 5.41 Å². The molecule has 5 nitrogen and oxygen atoms in total. The van der Waals surface area contributed by atoms with Crippen molar-refractivity contribution in [1.29, 1.82) is 0 Å². The Balaban J connectivity index is 1.85. The van der Waals surface area contributed by atoms with Crippen LogP contribution in [0.5, 0.6) is 0 Å². The zero-order valence-electron chi connectivity index (χ0n) is 14.4. The molecule has 3 aliphatic rings. The van der Waals surface area contributed by atoms with E-state index in [-0.39, 0.29) is 6.04 Å². The van der Waals surface area contributed by atoms with Crippen molar-refractivity contribution in [3.05, 3.63) is 29.8 Å². The molecule has 0 aliphatic carbocycles. The number of carbonyl (C=O) groups is 2. The van der Waals surface area contributed by atoms with Gasteiger partial charge in [-0.1, -0.05) is 25.1 Å². The lowest BCUT2D eigenvalue weighted by Crippen LogP contribution is -2.67. The van der Waals surface area contributed by atoms with Crippen LogP contribution in [0.2, 0.25) is 0 Å². The molecule has 1 aromatic carbocycles. The van der Waals surface area contributed by atoms with E-state index in [2.05, 4.69) is 17.9 Å². The molecule has 3 heterocycles. The third kappa shape index (κ3) is 2.06. The summed E-state index contributed by atoms with van der Waals surface area (Å²) in [4.78, 5) is 28.3. The maximum atomic E-state index is 13.0. The van der Waals surface area contributed by atoms with Crippen molar-refractivity contribution in [3.8, 4) is 0 Å². The van der Waals surface area contributed by atoms with E-state index in [1.54, 1.807) is 13.8 Å². The van der Waals surface area contributed by atoms with Gasteiger partial charge in [-0.05, 0) is 30.4 Å². The van der Waals surface area contributed by atoms with Crippen molar-refractivity contribution < 1.29 is 19.1 Å². The van der Waals surface area contributed by atoms with E-state index in [9.17, 15) is 9.59 Å². The predicted molar refractivity (Wildman–Crippen MR) is 88.4 cm³/mol. The first-order valence-corrected chi connectivity index (χ1v) is 8.65. The second-order valence-electron chi connectivity index (χ2n) is 7.79. The standard InChI is InChI=1S/C19H23NO4/c1-12-8-9-20-14-7-5-4-6-13(14)11-19(15(20)10-12)16(21)23-18(2,3)24-17(19)22/h4-7,12,15H,8-11H2,1-3H3/t12-,15+/m0/s1. The maximum Gasteiger partial charge on any atom is 0.329 e. The first kappa shape index (κ1) is 15.5. The van der Waals surface area contributed by atoms with E-state index in [1.807, 2.05) is 18.2 Å². The van der Waals surface area contributed by atoms with Gasteiger partial charge in [0.05, 0.1) is 6.04 Å². The largest absolute Gasteiger partial charge is 0.422 e. The molecule has 0 amide bonds. The summed E-state index contributed by atoms with van der Waals surface area (Å²) in [6, 6.07) is 7.82. The molecule has 0 aromatic heterocycles. The minimum atomic E-state index is -1.25. The number of ether oxygens (including phenoxy) is 2. The van der Waals surface area contributed by atoms with Crippen LogP contribution >= 0.6 is 0 Å². The lowest BCUT2D eigenvalue weighted by Gasteiger charge is -2.54. The van der Waals surface area contributed by atoms with Crippen LogP contribution in [0.15, 0.2) is 24.3 Å². The highest BCUT2D eigenvalue weighted by atomic mass is 16.7. The van der Waals surface area contributed by atoms with Crippen molar-refractivity contribution in [1.82, 2.24) is 0 Å². The molecular formula is C19H23NO4. The van der Waals surface area contributed by atoms with Gasteiger partial charge < -0.3 is 14.4 Å². The molecule has 3 aliphatic heterocycles. The van der Waals surface area contributed by atoms with E-state index >= 15 is 0 Å². The lowest BCUT2D eigenvalue weighted by atomic mass is 9.66. The lowest BCUT2D eigenvalue weighted by molar-refractivity contribution is -0.253. The Bertz CT molecular complexity index is 691. The van der Waals surface area contributed by atoms with Gasteiger partial charge in [-0.2, -0.15) is 0 Å². The highest BCUT2D eigenvalue weighted by Crippen LogP contribution is 2.50. The second-order valence-corrected chi connectivity index (χ2v) is 7.79. The van der Waals surface area contributed by atoms with Gasteiger partial charge in [-0.3, -0.25) is 9.59 Å². The van der Waals surface area contributed by atoms with E-state index in [0.717, 1.165) is 30.6 Å². The number of cyclic esters (lactones) is 2. The number of carbonyl (C=O) groups excluding carboxylic acids is 2. The summed E-state index contributed by atoms with van der Waals surface area (Å²) in [5, 5.41) is 0. The van der Waals surface area contributed by atoms with Crippen LogP contribution in [0.25, 0.3) is 0 Å². The van der Waals surface area contributed by atoms with Crippen LogP contribution < -0.4 is 4.90 Å². The number of nitrogens with zero attached hydrogens (tertiary/aromatic N) is 1. The highest BCUT2D eigenvalue weighted by Gasteiger charge is 2.64. The molecule has 0 unspecified atom stereocenters. The molecule has 24 heavy (non-hydrogen) atoms. The molecule has 0 radical (unpaired) electrons. The summed E-state index contributed by atoms with van der Waals surface area (Å²) < 4.78 is 11.1. The number of hydrogen-bond donors (Lipinski definition) is 0. The topological polar surface area (TPSA) is 55.8 Å². The van der Waals surface area contributed by atoms with Crippen molar-refractivity contribution in [3.63, 3.8) is 0 Å². The minimum Gasteiger partial charge on any atom is -0.422 e. The average Bonchev–Trinajstić information content (AvgIpc) is 2.51. The third-order valence-electron chi connectivity index (χ3n) is 5.61. The van der Waals surface area contributed by atoms with Crippen molar-refractivity contribution in [2.45, 2.75) is 51.9 Å². The molecule has 1 aromatic rings. The van der Waals surface area contributed by atoms with Gasteiger partial charge in [0.2, 0.25) is 0 Å². The third-order valence-corrected chi connectivity index (χ3v) is 5.61. The number of anilines is 1. The van der Waals surface area contributed by atoms with E-state index in [4.69, 9.17) is 9.47 Å². The first-order chi connectivity index (χ1) is 11.3. The monoisotopic (exact) mass is 329 g/mol. The molecule has 2 fully saturated rings. The Kier molecular flexibility index (Phi) is 3.21. The zero-order chi connectivity index (χ0) is 17.1. The van der Waals surface area contributed by atoms with Crippen molar-refractivity contribution in [2.24, 2.45) is 11.3 Å². The molecule has 5 heteroatoms. The Morgan fingerprint density at radius 3 is 2.50 bits per heavy atom. The summed E-state index contributed by atoms with van der Waals surface area (Å²) in [5.41, 5.74) is 0.890. The summed E-state index contributed by atoms with van der Waals surface area (Å²) in [6.45, 7) is 6.23. The molecular weight excluding hydrogens is 306 g/mol. The molecule has 2 saturated heterocycles. The molecule has 0 saturated carbocycles. The molecule has 1 spiro atoms. The Morgan fingerprint density at radius 2 is 1.79 bits per heavy atom. The maximum absolute atomic E-state index is 13.0. The first-order valence-electron chi connectivity index (χ1n) is 8.65. The second kappa shape index (κ2) is 4.98. The summed E-state index contributed by atoms with van der Waals surface area (Å²) in [5.74, 6) is -1.62. The number of rotatable bonds is 0. The Hall–Kier alpha value is -2.04. The minimum absolute atomic E-state index is 0.202. The van der Waals surface area contributed by atoms with Crippen molar-refractivity contribution in [2.75, 3.05) is 11.4 Å². The summed E-state index contributed by atoms with van der Waals surface area (Å²) in [7, 11) is 0. The van der Waals surface area contributed by atoms with Gasteiger partial charge in [-0.25, -0.2) is 0 Å². The quantitative estimate of drug-likeness (QED) is 0.541. The number of esters is 2. The smallest absolute Gasteiger partial charge is 0.329 e. The highest BCUT2D eigenvalue weighted by molar-refractivity contribution is 6.04. The van der Waals surface area contributed by atoms with Crippen LogP contribution in [0.1, 0.15) is 39.2 Å². The van der Waals surface area contributed by atoms with Gasteiger partial charge in [-0.15, -0.1) is 0 Å². The zero-order valence-corrected chi connectivity index (χ0v) is 14.4. The molecule has 0 bridgehead atoms. The number of hydrogen-bond acceptors (Lipinski definition) is 5. The molecule has 128 valence electrons. The molecule has 4 rings (SSSR count). The number of piperidine rings is 1. The summed E-state index contributed by atoms with van der Waals surface area (Å²) in [6.07, 6.45) is 2.19. The van der Waals surface area contributed by atoms with Crippen molar-refractivity contribution >= 4 is 17.6 Å². The fourth-order valence-corrected chi connectivity index (χ4v) is 4.40. The van der Waals surface area contributed by atoms with Crippen LogP contribution in [0.3, 0.4) is 0 Å². The molecule has 0 N–H and O–H groups in total. The SMILES string of the molecule is C[C@H]1CCN2c3ccccc3CC3(C(=O)OC(C)(C)OC3=O)[C@H]2C1. The fraction of sp³-hybridized carbons (Fsp3) is 0.579. The number of para-hydroxylation sites is 1. The predicted octanol–water partition coefficient (Wildman–Crippen LogP) is 2.67. The van der Waals surface area contributed by atoms with Gasteiger partial charge in [0.1, 0.15) is 0 Å².